The highest BCUT2D eigenvalue weighted by Gasteiger charge is 2.31. The largest absolute Gasteiger partial charge is 0.484 e. The van der Waals surface area contributed by atoms with Gasteiger partial charge in [0.05, 0.1) is 15.6 Å². The quantitative estimate of drug-likeness (QED) is 0.769. The fourth-order valence-electron chi connectivity index (χ4n) is 0.906. The lowest BCUT2D eigenvalue weighted by Crippen LogP contribution is -2.37. The van der Waals surface area contributed by atoms with Gasteiger partial charge in [0, 0.05) is 0 Å². The molecule has 0 heterocycles. The normalized spacial score (nSPS) is 11.3. The Balaban J connectivity index is 3.02. The molecule has 0 saturated carbocycles. The van der Waals surface area contributed by atoms with Gasteiger partial charge in [-0.1, -0.05) is 29.3 Å². The van der Waals surface area contributed by atoms with E-state index in [0.29, 0.717) is 0 Å². The summed E-state index contributed by atoms with van der Waals surface area (Å²) in [6, 6.07) is 3.98. The molecule has 0 aliphatic heterocycles. The zero-order chi connectivity index (χ0) is 11.6. The molecule has 0 aromatic heterocycles. The van der Waals surface area contributed by atoms with Gasteiger partial charge in [-0.3, -0.25) is 10.1 Å². The number of alkyl halides is 3. The summed E-state index contributed by atoms with van der Waals surface area (Å²) in [5, 5.41) is 0.539. The summed E-state index contributed by atoms with van der Waals surface area (Å²) in [7, 11) is 0. The van der Waals surface area contributed by atoms with Crippen molar-refractivity contribution in [3.05, 3.63) is 33.8 Å². The Morgan fingerprint density at radius 1 is 1.20 bits per heavy atom. The van der Waals surface area contributed by atoms with Crippen molar-refractivity contribution in [2.45, 2.75) is 6.30 Å². The first kappa shape index (κ1) is 12.1. The van der Waals surface area contributed by atoms with Crippen LogP contribution in [0.2, 0.25) is 10.0 Å². The van der Waals surface area contributed by atoms with Crippen LogP contribution in [-0.2, 0) is 0 Å². The van der Waals surface area contributed by atoms with Gasteiger partial charge in [-0.05, 0) is 12.1 Å². The van der Waals surface area contributed by atoms with E-state index in [9.17, 15) is 18.0 Å². The van der Waals surface area contributed by atoms with Crippen molar-refractivity contribution < 1.29 is 18.0 Å². The van der Waals surface area contributed by atoms with E-state index >= 15 is 0 Å². The van der Waals surface area contributed by atoms with Crippen LogP contribution in [0, 0.1) is 0 Å². The Kier molecular flexibility index (Phi) is 3.46. The van der Waals surface area contributed by atoms with Gasteiger partial charge in [0.2, 0.25) is 0 Å². The van der Waals surface area contributed by atoms with E-state index in [1.807, 2.05) is 0 Å². The summed E-state index contributed by atoms with van der Waals surface area (Å²) in [6.45, 7) is 0. The Morgan fingerprint density at radius 3 is 2.07 bits per heavy atom. The third-order valence-electron chi connectivity index (χ3n) is 1.45. The van der Waals surface area contributed by atoms with E-state index in [1.165, 1.54) is 18.2 Å². The topological polar surface area (TPSA) is 29.1 Å². The molecule has 1 aromatic rings. The van der Waals surface area contributed by atoms with E-state index in [4.69, 9.17) is 23.2 Å². The standard InChI is InChI=1S/C8H4Cl2F3NO/c9-4-2-1-3-5(10)6(4)7(15)14-8(11,12)13/h1-3H,(H,14,15). The highest BCUT2D eigenvalue weighted by atomic mass is 35.5. The number of hydrogen-bond acceptors (Lipinski definition) is 1. The lowest BCUT2D eigenvalue weighted by atomic mass is 10.2. The molecule has 0 aliphatic carbocycles. The van der Waals surface area contributed by atoms with E-state index in [2.05, 4.69) is 0 Å². The molecular formula is C8H4Cl2F3NO. The van der Waals surface area contributed by atoms with Crippen molar-refractivity contribution in [2.75, 3.05) is 0 Å². The summed E-state index contributed by atoms with van der Waals surface area (Å²) in [5.74, 6) is -1.38. The first-order valence-electron chi connectivity index (χ1n) is 3.64. The number of hydrogen-bond donors (Lipinski definition) is 1. The fourth-order valence-corrected chi connectivity index (χ4v) is 1.48. The first-order chi connectivity index (χ1) is 6.81. The van der Waals surface area contributed by atoms with Gasteiger partial charge in [0.25, 0.3) is 5.91 Å². The van der Waals surface area contributed by atoms with Crippen LogP contribution in [0.3, 0.4) is 0 Å². The molecule has 0 unspecified atom stereocenters. The summed E-state index contributed by atoms with van der Waals surface area (Å²) in [4.78, 5) is 11.1. The van der Waals surface area contributed by atoms with Crippen LogP contribution in [0.5, 0.6) is 0 Å². The smallest absolute Gasteiger partial charge is 0.269 e. The molecule has 1 amide bonds. The molecule has 0 saturated heterocycles. The van der Waals surface area contributed by atoms with Gasteiger partial charge in [-0.2, -0.15) is 13.2 Å². The van der Waals surface area contributed by atoms with E-state index in [0.717, 1.165) is 5.32 Å². The van der Waals surface area contributed by atoms with Crippen molar-refractivity contribution in [1.82, 2.24) is 5.32 Å². The number of rotatable bonds is 1. The Morgan fingerprint density at radius 2 is 1.67 bits per heavy atom. The second-order valence-corrected chi connectivity index (χ2v) is 3.36. The number of benzene rings is 1. The first-order valence-corrected chi connectivity index (χ1v) is 4.40. The van der Waals surface area contributed by atoms with Crippen LogP contribution in [0.4, 0.5) is 13.2 Å². The lowest BCUT2D eigenvalue weighted by Gasteiger charge is -2.10. The van der Waals surface area contributed by atoms with Gasteiger partial charge in [-0.25, -0.2) is 0 Å². The van der Waals surface area contributed by atoms with Gasteiger partial charge in [-0.15, -0.1) is 0 Å². The Labute approximate surface area is 93.0 Å². The molecule has 1 rings (SSSR count). The average molecular weight is 258 g/mol. The van der Waals surface area contributed by atoms with E-state index < -0.39 is 17.8 Å². The van der Waals surface area contributed by atoms with Crippen molar-refractivity contribution in [3.8, 4) is 0 Å². The van der Waals surface area contributed by atoms with Crippen LogP contribution in [0.15, 0.2) is 18.2 Å². The Hall–Kier alpha value is -0.940. The van der Waals surface area contributed by atoms with E-state index in [1.54, 1.807) is 0 Å². The molecule has 0 radical (unpaired) electrons. The molecule has 2 nitrogen and oxygen atoms in total. The van der Waals surface area contributed by atoms with Crippen molar-refractivity contribution >= 4 is 29.1 Å². The molecule has 0 bridgehead atoms. The number of nitrogens with one attached hydrogen (secondary N) is 1. The SMILES string of the molecule is O=C(NC(F)(F)F)c1c(Cl)cccc1Cl. The minimum atomic E-state index is -4.81. The predicted octanol–water partition coefficient (Wildman–Crippen LogP) is 3.24. The molecule has 0 fully saturated rings. The van der Waals surface area contributed by atoms with E-state index in [-0.39, 0.29) is 10.0 Å². The highest BCUT2D eigenvalue weighted by molar-refractivity contribution is 6.39. The zero-order valence-corrected chi connectivity index (χ0v) is 8.54. The van der Waals surface area contributed by atoms with Gasteiger partial charge in [0.1, 0.15) is 0 Å². The Bertz CT molecular complexity index is 372. The summed E-state index contributed by atoms with van der Waals surface area (Å²) < 4.78 is 35.5. The molecule has 7 heteroatoms. The number of halogens is 5. The zero-order valence-electron chi connectivity index (χ0n) is 7.03. The second-order valence-electron chi connectivity index (χ2n) is 2.55. The van der Waals surface area contributed by atoms with Crippen molar-refractivity contribution in [3.63, 3.8) is 0 Å². The summed E-state index contributed by atoms with van der Waals surface area (Å²) >= 11 is 11.1. The number of amides is 1. The third-order valence-corrected chi connectivity index (χ3v) is 2.08. The van der Waals surface area contributed by atoms with Gasteiger partial charge >= 0.3 is 6.30 Å². The van der Waals surface area contributed by atoms with Crippen molar-refractivity contribution in [2.24, 2.45) is 0 Å². The molecule has 82 valence electrons. The minimum Gasteiger partial charge on any atom is -0.269 e. The predicted molar refractivity (Wildman–Crippen MR) is 50.0 cm³/mol. The van der Waals surface area contributed by atoms with Crippen LogP contribution in [0.25, 0.3) is 0 Å². The third kappa shape index (κ3) is 3.28. The molecule has 15 heavy (non-hydrogen) atoms. The monoisotopic (exact) mass is 257 g/mol. The fraction of sp³-hybridized carbons (Fsp3) is 0.125. The molecule has 1 N–H and O–H groups in total. The highest BCUT2D eigenvalue weighted by Crippen LogP contribution is 2.25. The van der Waals surface area contributed by atoms with Crippen LogP contribution >= 0.6 is 23.2 Å². The lowest BCUT2D eigenvalue weighted by molar-refractivity contribution is -0.146. The van der Waals surface area contributed by atoms with Crippen LogP contribution < -0.4 is 5.32 Å². The molecule has 0 spiro atoms. The summed E-state index contributed by atoms with van der Waals surface area (Å²) in [6.07, 6.45) is -4.81. The molecule has 1 aromatic carbocycles. The van der Waals surface area contributed by atoms with Crippen molar-refractivity contribution in [1.29, 1.82) is 0 Å². The molecule has 0 aliphatic rings. The maximum absolute atomic E-state index is 11.8. The second kappa shape index (κ2) is 4.28. The minimum absolute atomic E-state index is 0.135. The van der Waals surface area contributed by atoms with Crippen LogP contribution in [0.1, 0.15) is 10.4 Å². The maximum atomic E-state index is 11.8. The van der Waals surface area contributed by atoms with Gasteiger partial charge in [0.15, 0.2) is 0 Å². The number of carbonyl (C=O) groups is 1. The average Bonchev–Trinajstić information content (AvgIpc) is 1.99. The maximum Gasteiger partial charge on any atom is 0.484 e. The van der Waals surface area contributed by atoms with Gasteiger partial charge < -0.3 is 0 Å². The molecule has 0 atom stereocenters. The van der Waals surface area contributed by atoms with Crippen LogP contribution in [-0.4, -0.2) is 12.2 Å². The molecular weight excluding hydrogens is 254 g/mol. The summed E-state index contributed by atoms with van der Waals surface area (Å²) in [5.41, 5.74) is -0.391. The number of carbonyl (C=O) groups excluding carboxylic acids is 1.